The van der Waals surface area contributed by atoms with Crippen LogP contribution in [0.25, 0.3) is 22.1 Å². The molecule has 26 heavy (non-hydrogen) atoms. The van der Waals surface area contributed by atoms with E-state index in [1.165, 1.54) is 0 Å². The number of ether oxygens (including phenoxy) is 1. The van der Waals surface area contributed by atoms with E-state index >= 15 is 0 Å². The van der Waals surface area contributed by atoms with E-state index < -0.39 is 0 Å². The van der Waals surface area contributed by atoms with E-state index in [0.29, 0.717) is 6.61 Å². The molecule has 4 heterocycles. The first-order valence-electron chi connectivity index (χ1n) is 8.68. The maximum Gasteiger partial charge on any atom is 0.196 e. The van der Waals surface area contributed by atoms with Gasteiger partial charge in [-0.3, -0.25) is 0 Å². The fraction of sp³-hybridized carbons (Fsp3) is 0.316. The molecule has 0 spiro atoms. The Balaban J connectivity index is 1.37. The van der Waals surface area contributed by atoms with Crippen LogP contribution < -0.4 is 4.90 Å². The Morgan fingerprint density at radius 1 is 1.31 bits per heavy atom. The fourth-order valence-corrected chi connectivity index (χ4v) is 4.07. The van der Waals surface area contributed by atoms with Crippen molar-refractivity contribution in [2.45, 2.75) is 26.1 Å². The molecule has 0 saturated carbocycles. The van der Waals surface area contributed by atoms with Crippen LogP contribution in [0, 0.1) is 6.92 Å². The van der Waals surface area contributed by atoms with Crippen molar-refractivity contribution in [3.63, 3.8) is 0 Å². The van der Waals surface area contributed by atoms with Gasteiger partial charge in [0.1, 0.15) is 17.4 Å². The van der Waals surface area contributed by atoms with Crippen LogP contribution in [0.1, 0.15) is 17.1 Å². The molecule has 132 valence electrons. The number of rotatable bonds is 4. The van der Waals surface area contributed by atoms with Crippen molar-refractivity contribution in [3.05, 3.63) is 46.7 Å². The highest BCUT2D eigenvalue weighted by Crippen LogP contribution is 2.33. The Kier molecular flexibility index (Phi) is 3.83. The summed E-state index contributed by atoms with van der Waals surface area (Å²) < 4.78 is 12.1. The summed E-state index contributed by atoms with van der Waals surface area (Å²) in [5.74, 6) is 0.849. The average Bonchev–Trinajstić information content (AvgIpc) is 3.37. The lowest BCUT2D eigenvalue weighted by molar-refractivity contribution is 0.0536. The van der Waals surface area contributed by atoms with Crippen molar-refractivity contribution in [3.8, 4) is 0 Å². The highest BCUT2D eigenvalue weighted by molar-refractivity contribution is 7.09. The average molecular weight is 366 g/mol. The van der Waals surface area contributed by atoms with Crippen LogP contribution >= 0.6 is 11.3 Å². The molecule has 3 aromatic heterocycles. The zero-order valence-corrected chi connectivity index (χ0v) is 15.2. The summed E-state index contributed by atoms with van der Waals surface area (Å²) in [6.45, 7) is 4.27. The van der Waals surface area contributed by atoms with Crippen LogP contribution in [0.5, 0.6) is 0 Å². The summed E-state index contributed by atoms with van der Waals surface area (Å²) >= 11 is 1.66. The first-order valence-corrected chi connectivity index (χ1v) is 9.56. The standard InChI is InChI=1S/C19H18N4O2S/c1-12-22-13(10-26-12)9-24-14-6-7-23(8-14)19-18-17(20-11-21-19)15-4-2-3-5-16(15)25-18/h2-5,10-11,14H,6-9H2,1H3/t14-/m1/s1. The second kappa shape index (κ2) is 6.34. The number of anilines is 1. The van der Waals surface area contributed by atoms with E-state index in [2.05, 4.69) is 25.2 Å². The Morgan fingerprint density at radius 2 is 2.23 bits per heavy atom. The van der Waals surface area contributed by atoms with Gasteiger partial charge in [-0.05, 0) is 25.5 Å². The molecule has 5 rings (SSSR count). The minimum atomic E-state index is 0.173. The number of benzene rings is 1. The third kappa shape index (κ3) is 2.73. The van der Waals surface area contributed by atoms with E-state index in [1.54, 1.807) is 17.7 Å². The predicted octanol–water partition coefficient (Wildman–Crippen LogP) is 3.94. The molecule has 0 aliphatic carbocycles. The number of furan rings is 1. The third-order valence-electron chi connectivity index (χ3n) is 4.72. The maximum absolute atomic E-state index is 6.05. The summed E-state index contributed by atoms with van der Waals surface area (Å²) in [7, 11) is 0. The molecule has 1 saturated heterocycles. The van der Waals surface area contributed by atoms with Gasteiger partial charge in [0.05, 0.1) is 23.4 Å². The van der Waals surface area contributed by atoms with Crippen molar-refractivity contribution in [1.29, 1.82) is 0 Å². The molecule has 6 nitrogen and oxygen atoms in total. The van der Waals surface area contributed by atoms with Gasteiger partial charge in [-0.1, -0.05) is 12.1 Å². The summed E-state index contributed by atoms with van der Waals surface area (Å²) in [5, 5.41) is 4.16. The van der Waals surface area contributed by atoms with Crippen LogP contribution in [0.3, 0.4) is 0 Å². The molecule has 0 amide bonds. The summed E-state index contributed by atoms with van der Waals surface area (Å²) in [5.41, 5.74) is 3.47. The second-order valence-corrected chi connectivity index (χ2v) is 7.56. The number of para-hydroxylation sites is 1. The largest absolute Gasteiger partial charge is 0.450 e. The van der Waals surface area contributed by atoms with Crippen molar-refractivity contribution in [1.82, 2.24) is 15.0 Å². The van der Waals surface area contributed by atoms with Gasteiger partial charge in [0.2, 0.25) is 0 Å². The minimum Gasteiger partial charge on any atom is -0.450 e. The molecular weight excluding hydrogens is 348 g/mol. The number of thiazole rings is 1. The van der Waals surface area contributed by atoms with Gasteiger partial charge in [0, 0.05) is 23.9 Å². The number of hydrogen-bond acceptors (Lipinski definition) is 7. The Morgan fingerprint density at radius 3 is 3.12 bits per heavy atom. The second-order valence-electron chi connectivity index (χ2n) is 6.50. The molecule has 1 aliphatic rings. The first kappa shape index (κ1) is 15.7. The lowest BCUT2D eigenvalue weighted by Gasteiger charge is -2.17. The van der Waals surface area contributed by atoms with Crippen molar-refractivity contribution < 1.29 is 9.15 Å². The smallest absolute Gasteiger partial charge is 0.196 e. The van der Waals surface area contributed by atoms with Gasteiger partial charge < -0.3 is 14.1 Å². The Hall–Kier alpha value is -2.51. The Labute approximate surface area is 154 Å². The molecular formula is C19H18N4O2S. The van der Waals surface area contributed by atoms with Crippen molar-refractivity contribution in [2.75, 3.05) is 18.0 Å². The Bertz CT molecular complexity index is 1070. The lowest BCUT2D eigenvalue weighted by Crippen LogP contribution is -2.24. The van der Waals surface area contributed by atoms with Crippen molar-refractivity contribution >= 4 is 39.2 Å². The van der Waals surface area contributed by atoms with E-state index in [4.69, 9.17) is 9.15 Å². The van der Waals surface area contributed by atoms with Gasteiger partial charge in [-0.15, -0.1) is 11.3 Å². The monoisotopic (exact) mass is 366 g/mol. The van der Waals surface area contributed by atoms with Gasteiger partial charge in [0.15, 0.2) is 11.4 Å². The summed E-state index contributed by atoms with van der Waals surface area (Å²) in [4.78, 5) is 15.6. The molecule has 0 unspecified atom stereocenters. The van der Waals surface area contributed by atoms with Gasteiger partial charge >= 0.3 is 0 Å². The highest BCUT2D eigenvalue weighted by atomic mass is 32.1. The number of nitrogens with zero attached hydrogens (tertiary/aromatic N) is 4. The molecule has 1 atom stereocenters. The summed E-state index contributed by atoms with van der Waals surface area (Å²) in [6.07, 6.45) is 2.76. The van der Waals surface area contributed by atoms with Gasteiger partial charge in [-0.2, -0.15) is 0 Å². The van der Waals surface area contributed by atoms with Gasteiger partial charge in [0.25, 0.3) is 0 Å². The fourth-order valence-electron chi connectivity index (χ4n) is 3.47. The lowest BCUT2D eigenvalue weighted by atomic mass is 10.2. The molecule has 1 aliphatic heterocycles. The quantitative estimate of drug-likeness (QED) is 0.545. The van der Waals surface area contributed by atoms with Crippen LogP contribution in [-0.4, -0.2) is 34.1 Å². The van der Waals surface area contributed by atoms with E-state index in [1.807, 2.05) is 31.2 Å². The normalized spacial score (nSPS) is 17.6. The maximum atomic E-state index is 6.05. The van der Waals surface area contributed by atoms with Crippen LogP contribution in [0.2, 0.25) is 0 Å². The van der Waals surface area contributed by atoms with Crippen LogP contribution in [0.4, 0.5) is 5.82 Å². The number of aromatic nitrogens is 3. The van der Waals surface area contributed by atoms with Crippen molar-refractivity contribution in [2.24, 2.45) is 0 Å². The van der Waals surface area contributed by atoms with Gasteiger partial charge in [-0.25, -0.2) is 15.0 Å². The number of hydrogen-bond donors (Lipinski definition) is 0. The SMILES string of the molecule is Cc1nc(CO[C@@H]2CCN(c3ncnc4c3oc3ccccc34)C2)cs1. The topological polar surface area (TPSA) is 64.3 Å². The number of aryl methyl sites for hydroxylation is 1. The molecule has 4 aromatic rings. The molecule has 0 bridgehead atoms. The summed E-state index contributed by atoms with van der Waals surface area (Å²) in [6, 6.07) is 7.97. The third-order valence-corrected chi connectivity index (χ3v) is 5.54. The van der Waals surface area contributed by atoms with E-state index in [-0.39, 0.29) is 6.10 Å². The molecule has 0 radical (unpaired) electrons. The molecule has 1 fully saturated rings. The minimum absolute atomic E-state index is 0.173. The number of fused-ring (bicyclic) bond motifs is 3. The van der Waals surface area contributed by atoms with Crippen LogP contribution in [0.15, 0.2) is 40.4 Å². The molecule has 7 heteroatoms. The zero-order chi connectivity index (χ0) is 17.5. The van der Waals surface area contributed by atoms with Crippen LogP contribution in [-0.2, 0) is 11.3 Å². The zero-order valence-electron chi connectivity index (χ0n) is 14.4. The molecule has 0 N–H and O–H groups in total. The highest BCUT2D eigenvalue weighted by Gasteiger charge is 2.27. The molecule has 1 aromatic carbocycles. The van der Waals surface area contributed by atoms with E-state index in [0.717, 1.165) is 58.1 Å². The predicted molar refractivity (Wildman–Crippen MR) is 102 cm³/mol. The van der Waals surface area contributed by atoms with E-state index in [9.17, 15) is 0 Å². The first-order chi connectivity index (χ1) is 12.8.